The molecule has 0 fully saturated rings. The van der Waals surface area contributed by atoms with E-state index in [0.717, 1.165) is 32.5 Å². The van der Waals surface area contributed by atoms with E-state index in [1.165, 1.54) is 0 Å². The molecule has 1 atom stereocenters. The fraction of sp³-hybridized carbons (Fsp3) is 0.154. The molecule has 0 saturated heterocycles. The molecule has 0 amide bonds. The van der Waals surface area contributed by atoms with Gasteiger partial charge in [0.2, 0.25) is 5.95 Å². The Morgan fingerprint density at radius 3 is 3.00 bits per heavy atom. The lowest BCUT2D eigenvalue weighted by Gasteiger charge is -2.26. The molecule has 4 rings (SSSR count). The number of fused-ring (bicyclic) bond motifs is 1. The van der Waals surface area contributed by atoms with E-state index in [-0.39, 0.29) is 6.17 Å². The number of nitrogens with zero attached hydrogens (tertiary/aromatic N) is 4. The average molecular weight is 348 g/mol. The zero-order valence-corrected chi connectivity index (χ0v) is 12.9. The molecule has 1 aromatic carbocycles. The van der Waals surface area contributed by atoms with E-state index in [1.807, 2.05) is 41.3 Å². The number of nitrogens with one attached hydrogen (secondary N) is 1. The van der Waals surface area contributed by atoms with Crippen molar-refractivity contribution in [1.29, 1.82) is 0 Å². The Balaban J connectivity index is 1.69. The Morgan fingerprint density at radius 2 is 2.25 bits per heavy atom. The smallest absolute Gasteiger partial charge is 0.226 e. The van der Waals surface area contributed by atoms with Gasteiger partial charge in [-0.3, -0.25) is 0 Å². The van der Waals surface area contributed by atoms with E-state index in [2.05, 4.69) is 36.3 Å². The van der Waals surface area contributed by atoms with E-state index in [4.69, 9.17) is 0 Å². The zero-order chi connectivity index (χ0) is 13.7. The number of halogens is 1. The molecule has 7 heteroatoms. The number of rotatable bonds is 2. The first-order valence-electron chi connectivity index (χ1n) is 6.12. The summed E-state index contributed by atoms with van der Waals surface area (Å²) in [7, 11) is 0. The second-order valence-electron chi connectivity index (χ2n) is 4.59. The summed E-state index contributed by atoms with van der Waals surface area (Å²) in [6.45, 7) is 1.99. The van der Waals surface area contributed by atoms with Crippen LogP contribution in [0.5, 0.6) is 0 Å². The Bertz CT molecular complexity index is 794. The van der Waals surface area contributed by atoms with Crippen LogP contribution in [0.15, 0.2) is 34.1 Å². The summed E-state index contributed by atoms with van der Waals surface area (Å²) >= 11 is 5.10. The van der Waals surface area contributed by atoms with Gasteiger partial charge in [-0.15, -0.1) is 16.4 Å². The van der Waals surface area contributed by atoms with Gasteiger partial charge in [0, 0.05) is 21.1 Å². The molecular weight excluding hydrogens is 338 g/mol. The highest BCUT2D eigenvalue weighted by Gasteiger charge is 2.32. The van der Waals surface area contributed by atoms with Gasteiger partial charge in [0.25, 0.3) is 0 Å². The van der Waals surface area contributed by atoms with Gasteiger partial charge in [0.15, 0.2) is 12.0 Å². The quantitative estimate of drug-likeness (QED) is 0.771. The molecule has 1 unspecified atom stereocenters. The summed E-state index contributed by atoms with van der Waals surface area (Å²) in [5.74, 6) is 1.52. The maximum Gasteiger partial charge on any atom is 0.226 e. The standard InChI is InChI=1S/C13H10BrN5S/c1-7-6-20-12(15-7)11-17-13-16-10(18-19(11)13)8-3-2-4-9(14)5-8/h2-6,11H,1H3,(H,16,17,18). The van der Waals surface area contributed by atoms with Gasteiger partial charge in [0.1, 0.15) is 5.01 Å². The zero-order valence-electron chi connectivity index (χ0n) is 10.5. The van der Waals surface area contributed by atoms with Crippen molar-refractivity contribution in [3.8, 4) is 11.4 Å². The van der Waals surface area contributed by atoms with E-state index >= 15 is 0 Å². The maximum absolute atomic E-state index is 4.56. The number of anilines is 1. The van der Waals surface area contributed by atoms with E-state index in [9.17, 15) is 0 Å². The first-order chi connectivity index (χ1) is 9.70. The molecule has 1 N–H and O–H groups in total. The minimum Gasteiger partial charge on any atom is -0.327 e. The molecule has 1 aliphatic heterocycles. The third kappa shape index (κ3) is 1.85. The lowest BCUT2D eigenvalue weighted by molar-refractivity contribution is 0.508. The number of aromatic nitrogens is 4. The molecule has 5 nitrogen and oxygen atoms in total. The van der Waals surface area contributed by atoms with Gasteiger partial charge >= 0.3 is 0 Å². The lowest BCUT2D eigenvalue weighted by Crippen LogP contribution is -2.32. The van der Waals surface area contributed by atoms with Crippen LogP contribution in [0, 0.1) is 6.92 Å². The normalized spacial score (nSPS) is 16.4. The Kier molecular flexibility index (Phi) is 2.64. The first-order valence-corrected chi connectivity index (χ1v) is 7.79. The van der Waals surface area contributed by atoms with E-state index in [0.29, 0.717) is 0 Å². The highest BCUT2D eigenvalue weighted by atomic mass is 79.9. The molecule has 20 heavy (non-hydrogen) atoms. The van der Waals surface area contributed by atoms with Crippen molar-refractivity contribution in [1.82, 2.24) is 19.7 Å². The van der Waals surface area contributed by atoms with Crippen molar-refractivity contribution < 1.29 is 0 Å². The van der Waals surface area contributed by atoms with Gasteiger partial charge < -0.3 is 5.32 Å². The van der Waals surface area contributed by atoms with E-state index < -0.39 is 0 Å². The highest BCUT2D eigenvalue weighted by Crippen LogP contribution is 2.34. The molecule has 3 heterocycles. The van der Waals surface area contributed by atoms with Crippen LogP contribution in [0.1, 0.15) is 16.9 Å². The van der Waals surface area contributed by atoms with Crippen LogP contribution in [0.2, 0.25) is 0 Å². The lowest BCUT2D eigenvalue weighted by atomic mass is 10.2. The summed E-state index contributed by atoms with van der Waals surface area (Å²) < 4.78 is 2.90. The van der Waals surface area contributed by atoms with Crippen LogP contribution in [0.25, 0.3) is 11.4 Å². The second-order valence-corrected chi connectivity index (χ2v) is 6.39. The number of benzene rings is 1. The fourth-order valence-electron chi connectivity index (χ4n) is 2.13. The number of aryl methyl sites for hydroxylation is 1. The summed E-state index contributed by atoms with van der Waals surface area (Å²) in [5.41, 5.74) is 2.03. The van der Waals surface area contributed by atoms with Crippen molar-refractivity contribution >= 4 is 33.2 Å². The van der Waals surface area contributed by atoms with Crippen molar-refractivity contribution in [2.24, 2.45) is 0 Å². The van der Waals surface area contributed by atoms with Crippen molar-refractivity contribution in [3.05, 3.63) is 44.8 Å². The molecule has 3 aromatic rings. The van der Waals surface area contributed by atoms with Gasteiger partial charge in [-0.1, -0.05) is 28.1 Å². The Morgan fingerprint density at radius 1 is 1.35 bits per heavy atom. The van der Waals surface area contributed by atoms with Crippen LogP contribution in [-0.2, 0) is 0 Å². The van der Waals surface area contributed by atoms with Gasteiger partial charge in [-0.2, -0.15) is 4.98 Å². The number of hydrogen-bond acceptors (Lipinski definition) is 5. The molecule has 0 aliphatic carbocycles. The molecule has 0 saturated carbocycles. The monoisotopic (exact) mass is 347 g/mol. The first kappa shape index (κ1) is 12.0. The Hall–Kier alpha value is -1.73. The molecule has 0 bridgehead atoms. The number of hydrogen-bond donors (Lipinski definition) is 1. The van der Waals surface area contributed by atoms with Gasteiger partial charge in [-0.25, -0.2) is 9.67 Å². The molecular formula is C13H10BrN5S. The maximum atomic E-state index is 4.56. The summed E-state index contributed by atoms with van der Waals surface area (Å²) in [4.78, 5) is 8.98. The van der Waals surface area contributed by atoms with Crippen LogP contribution >= 0.6 is 27.3 Å². The minimum absolute atomic E-state index is 0.0112. The van der Waals surface area contributed by atoms with Crippen LogP contribution in [0.3, 0.4) is 0 Å². The topological polar surface area (TPSA) is 55.6 Å². The van der Waals surface area contributed by atoms with Crippen molar-refractivity contribution in [2.45, 2.75) is 13.1 Å². The molecule has 0 radical (unpaired) electrons. The third-order valence-corrected chi connectivity index (χ3v) is 4.60. The Labute approximate surface area is 127 Å². The highest BCUT2D eigenvalue weighted by molar-refractivity contribution is 9.10. The van der Waals surface area contributed by atoms with Crippen LogP contribution < -0.4 is 5.32 Å². The molecule has 0 spiro atoms. The average Bonchev–Trinajstić information content (AvgIpc) is 2.96. The largest absolute Gasteiger partial charge is 0.327 e. The molecule has 100 valence electrons. The van der Waals surface area contributed by atoms with E-state index in [1.54, 1.807) is 11.3 Å². The predicted octanol–water partition coefficient (Wildman–Crippen LogP) is 3.44. The molecule has 2 aromatic heterocycles. The molecule has 1 aliphatic rings. The van der Waals surface area contributed by atoms with Gasteiger partial charge in [0.05, 0.1) is 0 Å². The third-order valence-electron chi connectivity index (χ3n) is 3.10. The van der Waals surface area contributed by atoms with Crippen LogP contribution in [-0.4, -0.2) is 19.7 Å². The number of thiazole rings is 1. The minimum atomic E-state index is 0.0112. The van der Waals surface area contributed by atoms with Crippen LogP contribution in [0.4, 0.5) is 5.95 Å². The predicted molar refractivity (Wildman–Crippen MR) is 81.8 cm³/mol. The van der Waals surface area contributed by atoms with Crippen molar-refractivity contribution in [3.63, 3.8) is 0 Å². The summed E-state index contributed by atoms with van der Waals surface area (Å²) in [6, 6.07) is 7.98. The second kappa shape index (κ2) is 4.39. The fourth-order valence-corrected chi connectivity index (χ4v) is 3.36. The van der Waals surface area contributed by atoms with Crippen molar-refractivity contribution in [2.75, 3.05) is 5.32 Å². The summed E-state index contributed by atoms with van der Waals surface area (Å²) in [6.07, 6.45) is 0.0112. The SMILES string of the molecule is Cc1csc(C2Nc3nc(-c4cccc(Br)c4)nn32)n1. The van der Waals surface area contributed by atoms with Gasteiger partial charge in [-0.05, 0) is 19.1 Å². The summed E-state index contributed by atoms with van der Waals surface area (Å²) in [5, 5.41) is 10.9.